The number of hydrogen-bond acceptors (Lipinski definition) is 4. The van der Waals surface area contributed by atoms with Crippen LogP contribution in [0.5, 0.6) is 0 Å². The van der Waals surface area contributed by atoms with Crippen molar-refractivity contribution in [3.05, 3.63) is 12.2 Å². The zero-order valence-electron chi connectivity index (χ0n) is 17.8. The summed E-state index contributed by atoms with van der Waals surface area (Å²) in [6.45, 7) is 9.33. The summed E-state index contributed by atoms with van der Waals surface area (Å²) in [6, 6.07) is 0. The molecule has 3 fully saturated rings. The third-order valence-electron chi connectivity index (χ3n) is 8.38. The van der Waals surface area contributed by atoms with Crippen LogP contribution in [0.4, 0.5) is 0 Å². The Bertz CT molecular complexity index is 589. The Morgan fingerprint density at radius 3 is 1.64 bits per heavy atom. The molecule has 0 aromatic heterocycles. The summed E-state index contributed by atoms with van der Waals surface area (Å²) in [5, 5.41) is 0. The standard InChI is InChI=1S/C24H36O4/c1-5-13(3)11-27-23(25)21-17-10-18(20-16-8-7-15(9-16)19(17)20)22(21)24(26)28-12-14(4)6-2/h7-8,13-22H,5-6,9-12H2,1-4H3. The van der Waals surface area contributed by atoms with Crippen molar-refractivity contribution in [2.24, 2.45) is 59.2 Å². The molecule has 10 unspecified atom stereocenters. The van der Waals surface area contributed by atoms with Crippen LogP contribution in [-0.2, 0) is 19.1 Å². The minimum atomic E-state index is -0.299. The van der Waals surface area contributed by atoms with Gasteiger partial charge >= 0.3 is 11.9 Å². The van der Waals surface area contributed by atoms with Gasteiger partial charge in [0.15, 0.2) is 0 Å². The first-order chi connectivity index (χ1) is 13.5. The highest BCUT2D eigenvalue weighted by Crippen LogP contribution is 2.69. The maximum Gasteiger partial charge on any atom is 0.310 e. The summed E-state index contributed by atoms with van der Waals surface area (Å²) in [6.07, 6.45) is 8.92. The lowest BCUT2D eigenvalue weighted by Crippen LogP contribution is -2.45. The summed E-state index contributed by atoms with van der Waals surface area (Å²) in [4.78, 5) is 26.2. The Labute approximate surface area is 169 Å². The molecular weight excluding hydrogens is 352 g/mol. The number of rotatable bonds is 8. The van der Waals surface area contributed by atoms with Crippen LogP contribution in [-0.4, -0.2) is 25.2 Å². The zero-order chi connectivity index (χ0) is 20.0. The lowest BCUT2D eigenvalue weighted by molar-refractivity contribution is -0.167. The second-order valence-electron chi connectivity index (χ2n) is 10.0. The Hall–Kier alpha value is -1.32. The molecule has 3 saturated carbocycles. The Morgan fingerprint density at radius 1 is 0.821 bits per heavy atom. The zero-order valence-corrected chi connectivity index (χ0v) is 17.8. The predicted octanol–water partition coefficient (Wildman–Crippen LogP) is 4.49. The van der Waals surface area contributed by atoms with Gasteiger partial charge in [-0.3, -0.25) is 9.59 Å². The van der Waals surface area contributed by atoms with E-state index in [-0.39, 0.29) is 23.8 Å². The molecule has 0 saturated heterocycles. The van der Waals surface area contributed by atoms with E-state index in [0.29, 0.717) is 60.6 Å². The molecule has 0 amide bonds. The van der Waals surface area contributed by atoms with Crippen molar-refractivity contribution in [3.8, 4) is 0 Å². The quantitative estimate of drug-likeness (QED) is 0.349. The van der Waals surface area contributed by atoms with Gasteiger partial charge in [0.2, 0.25) is 0 Å². The van der Waals surface area contributed by atoms with E-state index in [2.05, 4.69) is 39.8 Å². The molecule has 156 valence electrons. The van der Waals surface area contributed by atoms with Crippen LogP contribution in [0, 0.1) is 59.2 Å². The highest BCUT2D eigenvalue weighted by molar-refractivity contribution is 5.84. The minimum absolute atomic E-state index is 0.150. The van der Waals surface area contributed by atoms with E-state index < -0.39 is 0 Å². The van der Waals surface area contributed by atoms with E-state index in [1.54, 1.807) is 0 Å². The van der Waals surface area contributed by atoms with E-state index in [1.165, 1.54) is 6.42 Å². The fourth-order valence-corrected chi connectivity index (χ4v) is 6.56. The van der Waals surface area contributed by atoms with Crippen molar-refractivity contribution < 1.29 is 19.1 Å². The van der Waals surface area contributed by atoms with Crippen LogP contribution >= 0.6 is 0 Å². The Kier molecular flexibility index (Phi) is 5.59. The van der Waals surface area contributed by atoms with Crippen LogP contribution in [0.15, 0.2) is 12.2 Å². The van der Waals surface area contributed by atoms with Crippen molar-refractivity contribution in [1.82, 2.24) is 0 Å². The molecule has 4 aliphatic rings. The van der Waals surface area contributed by atoms with Gasteiger partial charge in [-0.2, -0.15) is 0 Å². The monoisotopic (exact) mass is 388 g/mol. The van der Waals surface area contributed by atoms with Gasteiger partial charge in [0, 0.05) is 0 Å². The lowest BCUT2D eigenvalue weighted by atomic mass is 9.65. The van der Waals surface area contributed by atoms with Crippen LogP contribution in [0.2, 0.25) is 0 Å². The third kappa shape index (κ3) is 3.21. The second kappa shape index (κ2) is 7.84. The topological polar surface area (TPSA) is 52.6 Å². The van der Waals surface area contributed by atoms with E-state index in [0.717, 1.165) is 19.3 Å². The van der Waals surface area contributed by atoms with Gasteiger partial charge in [0.1, 0.15) is 0 Å². The largest absolute Gasteiger partial charge is 0.465 e. The Balaban J connectivity index is 1.52. The van der Waals surface area contributed by atoms with Gasteiger partial charge in [-0.25, -0.2) is 0 Å². The fourth-order valence-electron chi connectivity index (χ4n) is 6.56. The first kappa shape index (κ1) is 20.0. The van der Waals surface area contributed by atoms with Gasteiger partial charge < -0.3 is 9.47 Å². The third-order valence-corrected chi connectivity index (χ3v) is 8.38. The van der Waals surface area contributed by atoms with Crippen LogP contribution in [0.25, 0.3) is 0 Å². The van der Waals surface area contributed by atoms with Crippen LogP contribution in [0.1, 0.15) is 53.4 Å². The second-order valence-corrected chi connectivity index (χ2v) is 10.0. The number of esters is 2. The van der Waals surface area contributed by atoms with Crippen LogP contribution < -0.4 is 0 Å². The molecule has 0 aliphatic heterocycles. The van der Waals surface area contributed by atoms with Crippen molar-refractivity contribution >= 4 is 11.9 Å². The van der Waals surface area contributed by atoms with Crippen molar-refractivity contribution in [2.45, 2.75) is 53.4 Å². The summed E-state index contributed by atoms with van der Waals surface area (Å²) < 4.78 is 11.4. The number of fused-ring (bicyclic) bond motifs is 9. The Morgan fingerprint density at radius 2 is 1.25 bits per heavy atom. The first-order valence-corrected chi connectivity index (χ1v) is 11.5. The molecule has 0 spiro atoms. The number of carbonyl (C=O) groups is 2. The number of ether oxygens (including phenoxy) is 2. The molecule has 0 aromatic rings. The van der Waals surface area contributed by atoms with E-state index in [9.17, 15) is 9.59 Å². The average molecular weight is 389 g/mol. The molecule has 4 heteroatoms. The van der Waals surface area contributed by atoms with E-state index in [4.69, 9.17) is 9.47 Å². The molecule has 4 rings (SSSR count). The highest BCUT2D eigenvalue weighted by Gasteiger charge is 2.68. The molecule has 0 heterocycles. The van der Waals surface area contributed by atoms with Gasteiger partial charge in [0.25, 0.3) is 0 Å². The molecule has 10 atom stereocenters. The van der Waals surface area contributed by atoms with E-state index in [1.807, 2.05) is 0 Å². The smallest absolute Gasteiger partial charge is 0.310 e. The minimum Gasteiger partial charge on any atom is -0.465 e. The van der Waals surface area contributed by atoms with Crippen molar-refractivity contribution in [3.63, 3.8) is 0 Å². The summed E-state index contributed by atoms with van der Waals surface area (Å²) in [7, 11) is 0. The van der Waals surface area contributed by atoms with Crippen LogP contribution in [0.3, 0.4) is 0 Å². The molecule has 0 radical (unpaired) electrons. The van der Waals surface area contributed by atoms with E-state index >= 15 is 0 Å². The van der Waals surface area contributed by atoms with Gasteiger partial charge in [-0.05, 0) is 60.2 Å². The van der Waals surface area contributed by atoms with Gasteiger partial charge in [-0.15, -0.1) is 0 Å². The lowest BCUT2D eigenvalue weighted by Gasteiger charge is -2.39. The molecule has 4 aliphatic carbocycles. The molecule has 28 heavy (non-hydrogen) atoms. The normalized spacial score (nSPS) is 41.7. The van der Waals surface area contributed by atoms with Crippen molar-refractivity contribution in [1.29, 1.82) is 0 Å². The molecular formula is C24H36O4. The fraction of sp³-hybridized carbons (Fsp3) is 0.833. The molecule has 4 nitrogen and oxygen atoms in total. The maximum absolute atomic E-state index is 13.1. The van der Waals surface area contributed by atoms with Crippen molar-refractivity contribution in [2.75, 3.05) is 13.2 Å². The van der Waals surface area contributed by atoms with Gasteiger partial charge in [0.05, 0.1) is 25.0 Å². The predicted molar refractivity (Wildman–Crippen MR) is 107 cm³/mol. The summed E-state index contributed by atoms with van der Waals surface area (Å²) >= 11 is 0. The number of hydrogen-bond donors (Lipinski definition) is 0. The highest BCUT2D eigenvalue weighted by atomic mass is 16.5. The summed E-state index contributed by atoms with van der Waals surface area (Å²) in [5.74, 6) is 2.75. The SMILES string of the molecule is CCC(C)COC(=O)C1C2CC(C1C(=O)OCC(C)CC)C1C3C=CC(C3)C21. The number of carbonyl (C=O) groups excluding carboxylic acids is 2. The molecule has 4 bridgehead atoms. The molecule has 0 N–H and O–H groups in total. The van der Waals surface area contributed by atoms with Gasteiger partial charge in [-0.1, -0.05) is 52.7 Å². The molecule has 0 aromatic carbocycles. The first-order valence-electron chi connectivity index (χ1n) is 11.5. The number of allylic oxidation sites excluding steroid dienone is 2. The maximum atomic E-state index is 13.1. The summed E-state index contributed by atoms with van der Waals surface area (Å²) in [5.41, 5.74) is 0. The average Bonchev–Trinajstić information content (AvgIpc) is 3.47.